The Kier molecular flexibility index (Phi) is 2.72. The highest BCUT2D eigenvalue weighted by Crippen LogP contribution is 2.39. The Balaban J connectivity index is 2.57. The third-order valence-corrected chi connectivity index (χ3v) is 3.19. The fraction of sp³-hybridized carbons (Fsp3) is 0.727. The van der Waals surface area contributed by atoms with E-state index in [9.17, 15) is 13.2 Å². The highest BCUT2D eigenvalue weighted by Gasteiger charge is 2.40. The fourth-order valence-corrected chi connectivity index (χ4v) is 2.50. The predicted octanol–water partition coefficient (Wildman–Crippen LogP) is 3.36. The number of alkyl halides is 3. The number of hydrogen-bond donors (Lipinski definition) is 0. The summed E-state index contributed by atoms with van der Waals surface area (Å²) in [6, 6.07) is 0. The van der Waals surface area contributed by atoms with Gasteiger partial charge in [-0.25, -0.2) is 0 Å². The van der Waals surface area contributed by atoms with Gasteiger partial charge in [-0.3, -0.25) is 4.68 Å². The van der Waals surface area contributed by atoms with Gasteiger partial charge in [0.15, 0.2) is 5.69 Å². The summed E-state index contributed by atoms with van der Waals surface area (Å²) in [6.45, 7) is 4.31. The van der Waals surface area contributed by atoms with Crippen LogP contribution in [0.3, 0.4) is 0 Å². The summed E-state index contributed by atoms with van der Waals surface area (Å²) in [5.74, 6) is 0.187. The van der Waals surface area contributed by atoms with Crippen LogP contribution in [-0.2, 0) is 19.1 Å². The first-order valence-corrected chi connectivity index (χ1v) is 5.62. The zero-order chi connectivity index (χ0) is 11.9. The van der Waals surface area contributed by atoms with Gasteiger partial charge in [0.2, 0.25) is 0 Å². The van der Waals surface area contributed by atoms with Crippen molar-refractivity contribution >= 4 is 0 Å². The maximum Gasteiger partial charge on any atom is 0.435 e. The van der Waals surface area contributed by atoms with Crippen LogP contribution in [0.15, 0.2) is 0 Å². The standard InChI is InChI=1S/C11H15F3N2/c1-3-16-9-7(2)5-4-6-8(9)10(15-16)11(12,13)14/h7H,3-6H2,1-2H3. The summed E-state index contributed by atoms with van der Waals surface area (Å²) in [5.41, 5.74) is 0.546. The van der Waals surface area contributed by atoms with Crippen molar-refractivity contribution in [3.05, 3.63) is 17.0 Å². The fourth-order valence-electron chi connectivity index (χ4n) is 2.50. The van der Waals surface area contributed by atoms with Crippen molar-refractivity contribution in [1.82, 2.24) is 9.78 Å². The molecule has 0 bridgehead atoms. The second kappa shape index (κ2) is 3.79. The molecule has 0 radical (unpaired) electrons. The molecule has 16 heavy (non-hydrogen) atoms. The number of fused-ring (bicyclic) bond motifs is 1. The van der Waals surface area contributed by atoms with Gasteiger partial charge in [-0.15, -0.1) is 0 Å². The molecule has 0 N–H and O–H groups in total. The van der Waals surface area contributed by atoms with Crippen molar-refractivity contribution in [1.29, 1.82) is 0 Å². The maximum atomic E-state index is 12.8. The van der Waals surface area contributed by atoms with E-state index < -0.39 is 11.9 Å². The van der Waals surface area contributed by atoms with Crippen LogP contribution in [0.4, 0.5) is 13.2 Å². The van der Waals surface area contributed by atoms with Gasteiger partial charge in [-0.2, -0.15) is 18.3 Å². The first-order valence-electron chi connectivity index (χ1n) is 5.62. The maximum absolute atomic E-state index is 12.8. The average molecular weight is 232 g/mol. The molecule has 2 rings (SSSR count). The smallest absolute Gasteiger partial charge is 0.269 e. The van der Waals surface area contributed by atoms with Crippen molar-refractivity contribution in [3.8, 4) is 0 Å². The van der Waals surface area contributed by atoms with E-state index in [4.69, 9.17) is 0 Å². The Bertz CT molecular complexity index is 393. The summed E-state index contributed by atoms with van der Waals surface area (Å²) >= 11 is 0. The summed E-state index contributed by atoms with van der Waals surface area (Å²) in [6.07, 6.45) is -2.03. The Morgan fingerprint density at radius 2 is 2.12 bits per heavy atom. The molecule has 1 aromatic heterocycles. The largest absolute Gasteiger partial charge is 0.435 e. The molecule has 0 aromatic carbocycles. The van der Waals surface area contributed by atoms with Crippen LogP contribution in [0.25, 0.3) is 0 Å². The van der Waals surface area contributed by atoms with Gasteiger partial charge in [0.1, 0.15) is 0 Å². The van der Waals surface area contributed by atoms with E-state index in [0.717, 1.165) is 18.5 Å². The first-order chi connectivity index (χ1) is 7.45. The molecule has 0 fully saturated rings. The van der Waals surface area contributed by atoms with E-state index in [1.807, 2.05) is 13.8 Å². The van der Waals surface area contributed by atoms with Crippen LogP contribution in [0, 0.1) is 0 Å². The zero-order valence-electron chi connectivity index (χ0n) is 9.43. The molecule has 90 valence electrons. The van der Waals surface area contributed by atoms with Gasteiger partial charge >= 0.3 is 6.18 Å². The van der Waals surface area contributed by atoms with Crippen molar-refractivity contribution in [3.63, 3.8) is 0 Å². The molecule has 5 heteroatoms. The quantitative estimate of drug-likeness (QED) is 0.726. The van der Waals surface area contributed by atoms with Crippen molar-refractivity contribution in [2.45, 2.75) is 51.7 Å². The Morgan fingerprint density at radius 3 is 2.69 bits per heavy atom. The number of aryl methyl sites for hydroxylation is 1. The number of nitrogens with zero attached hydrogens (tertiary/aromatic N) is 2. The molecule has 2 nitrogen and oxygen atoms in total. The number of halogens is 3. The van der Waals surface area contributed by atoms with Crippen LogP contribution in [-0.4, -0.2) is 9.78 Å². The second-order valence-corrected chi connectivity index (χ2v) is 4.32. The normalized spacial score (nSPS) is 20.9. The molecule has 1 aromatic rings. The molecule has 1 aliphatic carbocycles. The molecule has 0 aliphatic heterocycles. The molecular formula is C11H15F3N2. The minimum Gasteiger partial charge on any atom is -0.269 e. The van der Waals surface area contributed by atoms with Gasteiger partial charge in [-0.1, -0.05) is 6.92 Å². The first kappa shape index (κ1) is 11.5. The van der Waals surface area contributed by atoms with E-state index in [1.165, 1.54) is 4.68 Å². The minimum atomic E-state index is -4.32. The Labute approximate surface area is 92.4 Å². The number of rotatable bonds is 1. The average Bonchev–Trinajstić information content (AvgIpc) is 2.57. The number of hydrogen-bond acceptors (Lipinski definition) is 1. The summed E-state index contributed by atoms with van der Waals surface area (Å²) < 4.78 is 39.8. The van der Waals surface area contributed by atoms with Crippen LogP contribution in [0.5, 0.6) is 0 Å². The second-order valence-electron chi connectivity index (χ2n) is 4.32. The molecule has 1 atom stereocenters. The van der Waals surface area contributed by atoms with Gasteiger partial charge < -0.3 is 0 Å². The lowest BCUT2D eigenvalue weighted by molar-refractivity contribution is -0.142. The number of aromatic nitrogens is 2. The lowest BCUT2D eigenvalue weighted by Crippen LogP contribution is -2.13. The van der Waals surface area contributed by atoms with Crippen LogP contribution in [0.2, 0.25) is 0 Å². The molecule has 0 saturated heterocycles. The zero-order valence-corrected chi connectivity index (χ0v) is 9.43. The lowest BCUT2D eigenvalue weighted by atomic mass is 9.87. The highest BCUT2D eigenvalue weighted by molar-refractivity contribution is 5.33. The molecule has 0 spiro atoms. The topological polar surface area (TPSA) is 17.8 Å². The third-order valence-electron chi connectivity index (χ3n) is 3.19. The summed E-state index contributed by atoms with van der Waals surface area (Å²) in [5, 5.41) is 3.72. The van der Waals surface area contributed by atoms with E-state index in [0.29, 0.717) is 18.5 Å². The third kappa shape index (κ3) is 1.72. The molecule has 1 aliphatic rings. The van der Waals surface area contributed by atoms with E-state index >= 15 is 0 Å². The van der Waals surface area contributed by atoms with Gasteiger partial charge in [0.05, 0.1) is 0 Å². The molecule has 1 heterocycles. The summed E-state index contributed by atoms with van der Waals surface area (Å²) in [7, 11) is 0. The monoisotopic (exact) mass is 232 g/mol. The summed E-state index contributed by atoms with van der Waals surface area (Å²) in [4.78, 5) is 0. The van der Waals surface area contributed by atoms with E-state index in [2.05, 4.69) is 5.10 Å². The SMILES string of the molecule is CCn1nc(C(F)(F)F)c2c1C(C)CCC2. The van der Waals surface area contributed by atoms with Crippen molar-refractivity contribution in [2.75, 3.05) is 0 Å². The molecule has 0 amide bonds. The van der Waals surface area contributed by atoms with E-state index in [-0.39, 0.29) is 5.92 Å². The van der Waals surface area contributed by atoms with Crippen molar-refractivity contribution < 1.29 is 13.2 Å². The van der Waals surface area contributed by atoms with Gasteiger partial charge in [0, 0.05) is 17.8 Å². The molecular weight excluding hydrogens is 217 g/mol. The minimum absolute atomic E-state index is 0.187. The van der Waals surface area contributed by atoms with Crippen LogP contribution >= 0.6 is 0 Å². The molecule has 0 saturated carbocycles. The highest BCUT2D eigenvalue weighted by atomic mass is 19.4. The van der Waals surface area contributed by atoms with Gasteiger partial charge in [0.25, 0.3) is 0 Å². The Hall–Kier alpha value is -1.00. The predicted molar refractivity (Wildman–Crippen MR) is 54.3 cm³/mol. The lowest BCUT2D eigenvalue weighted by Gasteiger charge is -2.20. The van der Waals surface area contributed by atoms with Gasteiger partial charge in [-0.05, 0) is 32.1 Å². The Morgan fingerprint density at radius 1 is 1.44 bits per heavy atom. The van der Waals surface area contributed by atoms with Crippen molar-refractivity contribution in [2.24, 2.45) is 0 Å². The van der Waals surface area contributed by atoms with Crippen LogP contribution in [0.1, 0.15) is 49.6 Å². The van der Waals surface area contributed by atoms with Crippen LogP contribution < -0.4 is 0 Å². The van der Waals surface area contributed by atoms with E-state index in [1.54, 1.807) is 0 Å². The molecule has 1 unspecified atom stereocenters.